The zero-order valence-corrected chi connectivity index (χ0v) is 25.5. The second kappa shape index (κ2) is 11.6. The van der Waals surface area contributed by atoms with Gasteiger partial charge in [0.05, 0.1) is 0 Å². The van der Waals surface area contributed by atoms with Gasteiger partial charge in [-0.05, 0) is 57.2 Å². The Morgan fingerprint density at radius 3 is 2.21 bits per heavy atom. The minimum atomic E-state index is -1.78. The summed E-state index contributed by atoms with van der Waals surface area (Å²) in [5.41, 5.74) is 2.31. The fraction of sp³-hybridized carbons (Fsp3) is 0.857. The molecule has 4 rings (SSSR count). The second-order valence-corrected chi connectivity index (χ2v) is 31.4. The molecule has 2 saturated heterocycles. The fourth-order valence-electron chi connectivity index (χ4n) is 5.80. The molecular formula is C21H39Cl2N4SiTl. The van der Waals surface area contributed by atoms with E-state index >= 15 is 0 Å². The average molecular weight is 651 g/mol. The molecule has 164 valence electrons. The monoisotopic (exact) mass is 650 g/mol. The molecule has 8 heteroatoms. The van der Waals surface area contributed by atoms with Crippen LogP contribution >= 0.6 is 16.6 Å². The van der Waals surface area contributed by atoms with E-state index in [1.165, 1.54) is 76.8 Å². The minimum absolute atomic E-state index is 0.697. The Hall–Kier alpha value is 0.849. The van der Waals surface area contributed by atoms with Gasteiger partial charge in [-0.1, -0.05) is 32.0 Å². The van der Waals surface area contributed by atoms with Crippen molar-refractivity contribution in [2.45, 2.75) is 86.6 Å². The molecule has 2 unspecified atom stereocenters. The van der Waals surface area contributed by atoms with Crippen molar-refractivity contribution < 1.29 is 0 Å². The van der Waals surface area contributed by atoms with Crippen LogP contribution in [0.15, 0.2) is 16.6 Å². The first-order valence-electron chi connectivity index (χ1n) is 11.7. The molecule has 2 fully saturated rings. The predicted molar refractivity (Wildman–Crippen MR) is 132 cm³/mol. The van der Waals surface area contributed by atoms with Crippen molar-refractivity contribution in [2.24, 2.45) is 4.99 Å². The number of amidine groups is 1. The molecular weight excluding hydrogens is 612 g/mol. The van der Waals surface area contributed by atoms with Crippen molar-refractivity contribution in [1.82, 2.24) is 15.2 Å². The van der Waals surface area contributed by atoms with Crippen molar-refractivity contribution in [2.75, 3.05) is 26.2 Å². The SMILES string of the molecule is C[Si](C)(C(C1CCCCN1)C1CCCCN1)N1CCC=C2CCN=C21.[CH3][Tl]([Cl])[Cl]. The van der Waals surface area contributed by atoms with Crippen LogP contribution in [0.2, 0.25) is 23.1 Å². The van der Waals surface area contributed by atoms with Gasteiger partial charge in [0, 0.05) is 30.7 Å². The summed E-state index contributed by atoms with van der Waals surface area (Å²) in [4.78, 5) is 4.95. The maximum absolute atomic E-state index is 5.26. The molecule has 2 N–H and O–H groups in total. The number of hydrogen-bond acceptors (Lipinski definition) is 4. The van der Waals surface area contributed by atoms with Gasteiger partial charge in [0.15, 0.2) is 8.24 Å². The van der Waals surface area contributed by atoms with Gasteiger partial charge < -0.3 is 15.2 Å². The van der Waals surface area contributed by atoms with E-state index in [1.807, 2.05) is 4.48 Å². The summed E-state index contributed by atoms with van der Waals surface area (Å²) < 4.78 is 4.73. The average Bonchev–Trinajstić information content (AvgIpc) is 3.18. The summed E-state index contributed by atoms with van der Waals surface area (Å²) in [6.45, 7) is 9.89. The van der Waals surface area contributed by atoms with Crippen LogP contribution in [0.5, 0.6) is 0 Å². The molecule has 0 aromatic carbocycles. The van der Waals surface area contributed by atoms with E-state index in [2.05, 4.69) is 34.4 Å². The van der Waals surface area contributed by atoms with Gasteiger partial charge in [-0.3, -0.25) is 4.99 Å². The van der Waals surface area contributed by atoms with Gasteiger partial charge in [0.2, 0.25) is 0 Å². The van der Waals surface area contributed by atoms with E-state index < -0.39 is 28.5 Å². The summed E-state index contributed by atoms with van der Waals surface area (Å²) >= 11 is -1.78. The standard InChI is InChI=1S/C20H36N4Si.CH3.2ClH.Tl/c1-25(2,24-15-7-8-16-11-14-23-20(16)24)19(17-9-3-5-12-21-17)18-10-4-6-13-22-18;;;;/h8,17-19,21-22H,3-7,9-15H2,1-2H3;1H3;2*1H;/q;;;;+2/p-2. The van der Waals surface area contributed by atoms with Crippen molar-refractivity contribution in [1.29, 1.82) is 0 Å². The summed E-state index contributed by atoms with van der Waals surface area (Å²) in [6, 6.07) is 1.39. The first-order valence-corrected chi connectivity index (χ1v) is 30.2. The Labute approximate surface area is 194 Å². The molecule has 4 nitrogen and oxygen atoms in total. The fourth-order valence-corrected chi connectivity index (χ4v) is 10.2. The van der Waals surface area contributed by atoms with Gasteiger partial charge in [0.1, 0.15) is 5.84 Å². The van der Waals surface area contributed by atoms with Crippen LogP contribution in [0.1, 0.15) is 51.4 Å². The molecule has 0 aromatic heterocycles. The Balaban J connectivity index is 0.000000552. The topological polar surface area (TPSA) is 39.7 Å². The third kappa shape index (κ3) is 6.43. The van der Waals surface area contributed by atoms with Crippen molar-refractivity contribution in [3.05, 3.63) is 11.6 Å². The van der Waals surface area contributed by atoms with Crippen LogP contribution in [0.25, 0.3) is 0 Å². The number of hydrogen-bond donors (Lipinski definition) is 2. The first-order chi connectivity index (χ1) is 13.9. The number of halogens is 2. The normalized spacial score (nSPS) is 28.5. The predicted octanol–water partition coefficient (Wildman–Crippen LogP) is 4.86. The van der Waals surface area contributed by atoms with Crippen LogP contribution in [0.4, 0.5) is 0 Å². The number of piperidine rings is 2. The van der Waals surface area contributed by atoms with E-state index in [-0.39, 0.29) is 0 Å². The number of rotatable bonds is 4. The molecule has 4 aliphatic rings. The second-order valence-electron chi connectivity index (χ2n) is 9.44. The Morgan fingerprint density at radius 2 is 1.69 bits per heavy atom. The van der Waals surface area contributed by atoms with Gasteiger partial charge in [-0.25, -0.2) is 0 Å². The summed E-state index contributed by atoms with van der Waals surface area (Å²) in [5, 5.41) is 7.87. The molecule has 0 saturated carbocycles. The first kappa shape index (κ1) is 24.5. The molecule has 4 heterocycles. The Bertz CT molecular complexity index is 566. The molecule has 29 heavy (non-hydrogen) atoms. The summed E-state index contributed by atoms with van der Waals surface area (Å²) in [5.74, 6) is 1.37. The van der Waals surface area contributed by atoms with E-state index in [0.29, 0.717) is 12.1 Å². The van der Waals surface area contributed by atoms with Crippen LogP contribution in [-0.2, 0) is 0 Å². The Kier molecular flexibility index (Phi) is 9.83. The summed E-state index contributed by atoms with van der Waals surface area (Å²) in [7, 11) is 8.87. The zero-order valence-electron chi connectivity index (χ0n) is 18.5. The van der Waals surface area contributed by atoms with Crippen molar-refractivity contribution >= 4 is 51.0 Å². The number of fused-ring (bicyclic) bond motifs is 1. The Morgan fingerprint density at radius 1 is 1.10 bits per heavy atom. The molecule has 0 radical (unpaired) electrons. The van der Waals surface area contributed by atoms with Crippen LogP contribution in [0, 0.1) is 0 Å². The quantitative estimate of drug-likeness (QED) is 0.427. The number of aliphatic imine (C=N–C) groups is 1. The van der Waals surface area contributed by atoms with Crippen molar-refractivity contribution in [3.8, 4) is 0 Å². The van der Waals surface area contributed by atoms with Crippen LogP contribution in [0.3, 0.4) is 0 Å². The van der Waals surface area contributed by atoms with Gasteiger partial charge in [0.25, 0.3) is 0 Å². The molecule has 2 atom stereocenters. The van der Waals surface area contributed by atoms with E-state index in [1.54, 1.807) is 5.57 Å². The van der Waals surface area contributed by atoms with Gasteiger partial charge >= 0.3 is 41.4 Å². The van der Waals surface area contributed by atoms with Crippen LogP contribution < -0.4 is 10.6 Å². The zero-order chi connectivity index (χ0) is 20.9. The third-order valence-electron chi connectivity index (χ3n) is 7.00. The maximum atomic E-state index is 5.26. The molecule has 0 aliphatic carbocycles. The van der Waals surface area contributed by atoms with Crippen molar-refractivity contribution in [3.63, 3.8) is 0 Å². The third-order valence-corrected chi connectivity index (χ3v) is 11.3. The van der Waals surface area contributed by atoms with E-state index in [4.69, 9.17) is 21.6 Å². The number of nitrogens with one attached hydrogen (secondary N) is 2. The van der Waals surface area contributed by atoms with Gasteiger partial charge in [-0.2, -0.15) is 0 Å². The van der Waals surface area contributed by atoms with Crippen LogP contribution in [-0.4, -0.2) is 77.2 Å². The molecule has 0 bridgehead atoms. The molecule has 0 spiro atoms. The molecule has 0 amide bonds. The van der Waals surface area contributed by atoms with Gasteiger partial charge in [-0.15, -0.1) is 0 Å². The van der Waals surface area contributed by atoms with E-state index in [9.17, 15) is 0 Å². The summed E-state index contributed by atoms with van der Waals surface area (Å²) in [6.07, 6.45) is 13.1. The van der Waals surface area contributed by atoms with E-state index in [0.717, 1.165) is 12.1 Å². The number of nitrogens with zero attached hydrogens (tertiary/aromatic N) is 2. The molecule has 4 aliphatic heterocycles. The molecule has 0 aromatic rings.